The van der Waals surface area contributed by atoms with Gasteiger partial charge in [-0.15, -0.1) is 0 Å². The third-order valence-corrected chi connectivity index (χ3v) is 6.12. The van der Waals surface area contributed by atoms with Crippen molar-refractivity contribution in [2.75, 3.05) is 17.4 Å². The molecule has 1 heterocycles. The van der Waals surface area contributed by atoms with E-state index in [9.17, 15) is 13.2 Å². The van der Waals surface area contributed by atoms with Crippen LogP contribution in [0.2, 0.25) is 0 Å². The number of amides is 1. The number of anilines is 1. The molecule has 0 saturated carbocycles. The third kappa shape index (κ3) is 3.26. The fourth-order valence-electron chi connectivity index (χ4n) is 3.01. The van der Waals surface area contributed by atoms with Crippen LogP contribution in [0.15, 0.2) is 47.4 Å². The Morgan fingerprint density at radius 1 is 1.12 bits per heavy atom. The van der Waals surface area contributed by atoms with Gasteiger partial charge in [0.05, 0.1) is 10.6 Å². The zero-order valence-electron chi connectivity index (χ0n) is 14.5. The molecule has 25 heavy (non-hydrogen) atoms. The van der Waals surface area contributed by atoms with Crippen molar-refractivity contribution in [1.82, 2.24) is 5.32 Å². The molecular formula is C19H22N2O3S. The van der Waals surface area contributed by atoms with Crippen molar-refractivity contribution in [3.8, 4) is 11.1 Å². The highest BCUT2D eigenvalue weighted by Gasteiger charge is 2.35. The van der Waals surface area contributed by atoms with Crippen LogP contribution in [0.4, 0.5) is 5.69 Å². The largest absolute Gasteiger partial charge is 0.355 e. The number of sulfonamides is 1. The van der Waals surface area contributed by atoms with E-state index in [4.69, 9.17) is 0 Å². The van der Waals surface area contributed by atoms with E-state index in [0.717, 1.165) is 24.0 Å². The van der Waals surface area contributed by atoms with Gasteiger partial charge in [0.2, 0.25) is 5.91 Å². The number of carbonyl (C=O) groups excluding carboxylic acids is 1. The molecule has 0 spiro atoms. The summed E-state index contributed by atoms with van der Waals surface area (Å²) in [6.07, 6.45) is 1.84. The molecule has 1 aliphatic heterocycles. The number of nitrogens with zero attached hydrogens (tertiary/aromatic N) is 1. The van der Waals surface area contributed by atoms with Crippen LogP contribution in [-0.2, 0) is 14.8 Å². The zero-order valence-corrected chi connectivity index (χ0v) is 15.3. The van der Waals surface area contributed by atoms with Gasteiger partial charge in [0, 0.05) is 17.7 Å². The molecule has 0 aromatic heterocycles. The van der Waals surface area contributed by atoms with Crippen molar-refractivity contribution in [3.05, 3.63) is 48.0 Å². The molecule has 6 heteroatoms. The number of carbonyl (C=O) groups is 1. The molecule has 0 bridgehead atoms. The molecule has 0 atom stereocenters. The molecule has 2 aromatic carbocycles. The van der Waals surface area contributed by atoms with Crippen molar-refractivity contribution < 1.29 is 13.2 Å². The Morgan fingerprint density at radius 2 is 1.88 bits per heavy atom. The minimum Gasteiger partial charge on any atom is -0.355 e. The fourth-order valence-corrected chi connectivity index (χ4v) is 4.66. The first-order chi connectivity index (χ1) is 11.9. The van der Waals surface area contributed by atoms with E-state index in [2.05, 4.69) is 5.32 Å². The maximum atomic E-state index is 13.1. The molecule has 0 aliphatic carbocycles. The van der Waals surface area contributed by atoms with Crippen LogP contribution >= 0.6 is 0 Å². The van der Waals surface area contributed by atoms with Crippen LogP contribution in [0.1, 0.15) is 25.3 Å². The van der Waals surface area contributed by atoms with Crippen LogP contribution < -0.4 is 9.62 Å². The average Bonchev–Trinajstić information content (AvgIpc) is 2.59. The summed E-state index contributed by atoms with van der Waals surface area (Å²) in [6.45, 7) is 4.35. The molecule has 0 radical (unpaired) electrons. The van der Waals surface area contributed by atoms with Crippen molar-refractivity contribution in [1.29, 1.82) is 0 Å². The second kappa shape index (κ2) is 6.88. The predicted octanol–water partition coefficient (Wildman–Crippen LogP) is 3.09. The molecule has 0 fully saturated rings. The lowest BCUT2D eigenvalue weighted by Gasteiger charge is -2.31. The molecule has 0 saturated heterocycles. The second-order valence-electron chi connectivity index (χ2n) is 6.23. The molecular weight excluding hydrogens is 336 g/mol. The van der Waals surface area contributed by atoms with Gasteiger partial charge in [-0.05, 0) is 31.5 Å². The van der Waals surface area contributed by atoms with Gasteiger partial charge in [-0.3, -0.25) is 9.10 Å². The maximum absolute atomic E-state index is 13.1. The van der Waals surface area contributed by atoms with Gasteiger partial charge in [0.25, 0.3) is 10.0 Å². The summed E-state index contributed by atoms with van der Waals surface area (Å²) in [6, 6.07) is 12.5. The van der Waals surface area contributed by atoms with E-state index in [-0.39, 0.29) is 17.3 Å². The number of aryl methyl sites for hydroxylation is 1. The first kappa shape index (κ1) is 17.5. The average molecular weight is 358 g/mol. The van der Waals surface area contributed by atoms with Crippen LogP contribution in [0.5, 0.6) is 0 Å². The maximum Gasteiger partial charge on any atom is 0.265 e. The highest BCUT2D eigenvalue weighted by molar-refractivity contribution is 7.93. The quantitative estimate of drug-likeness (QED) is 0.835. The number of hydrogen-bond donors (Lipinski definition) is 1. The minimum absolute atomic E-state index is 0.212. The van der Waals surface area contributed by atoms with Crippen LogP contribution in [0, 0.1) is 6.92 Å². The smallest absolute Gasteiger partial charge is 0.265 e. The number of hydrogen-bond acceptors (Lipinski definition) is 3. The van der Waals surface area contributed by atoms with Crippen molar-refractivity contribution in [3.63, 3.8) is 0 Å². The van der Waals surface area contributed by atoms with Gasteiger partial charge in [-0.25, -0.2) is 8.42 Å². The third-order valence-electron chi connectivity index (χ3n) is 4.31. The summed E-state index contributed by atoms with van der Waals surface area (Å²) < 4.78 is 27.3. The van der Waals surface area contributed by atoms with E-state index >= 15 is 0 Å². The molecule has 132 valence electrons. The summed E-state index contributed by atoms with van der Waals surface area (Å²) in [7, 11) is -3.76. The first-order valence-corrected chi connectivity index (χ1v) is 9.88. The van der Waals surface area contributed by atoms with E-state index in [0.29, 0.717) is 17.8 Å². The highest BCUT2D eigenvalue weighted by Crippen LogP contribution is 2.43. The van der Waals surface area contributed by atoms with Crippen molar-refractivity contribution in [2.24, 2.45) is 0 Å². The molecule has 3 rings (SSSR count). The lowest BCUT2D eigenvalue weighted by molar-refractivity contribution is -0.119. The van der Waals surface area contributed by atoms with E-state index in [1.165, 1.54) is 4.31 Å². The number of rotatable bonds is 5. The monoisotopic (exact) mass is 358 g/mol. The molecule has 1 amide bonds. The summed E-state index contributed by atoms with van der Waals surface area (Å²) >= 11 is 0. The molecule has 0 unspecified atom stereocenters. The number of benzene rings is 2. The summed E-state index contributed by atoms with van der Waals surface area (Å²) in [4.78, 5) is 12.5. The molecule has 5 nitrogen and oxygen atoms in total. The topological polar surface area (TPSA) is 66.5 Å². The van der Waals surface area contributed by atoms with Crippen LogP contribution in [0.3, 0.4) is 0 Å². The van der Waals surface area contributed by atoms with E-state index < -0.39 is 10.0 Å². The number of unbranched alkanes of at least 4 members (excludes halogenated alkanes) is 1. The molecule has 1 aliphatic rings. The summed E-state index contributed by atoms with van der Waals surface area (Å²) in [5.41, 5.74) is 3.12. The van der Waals surface area contributed by atoms with Crippen molar-refractivity contribution in [2.45, 2.75) is 31.6 Å². The Hall–Kier alpha value is -2.34. The number of nitrogens with one attached hydrogen (secondary N) is 1. The van der Waals surface area contributed by atoms with Gasteiger partial charge in [-0.1, -0.05) is 43.2 Å². The Morgan fingerprint density at radius 3 is 2.64 bits per heavy atom. The number of fused-ring (bicyclic) bond motifs is 3. The normalized spacial score (nSPS) is 14.6. The lowest BCUT2D eigenvalue weighted by atomic mass is 10.0. The van der Waals surface area contributed by atoms with Crippen LogP contribution in [0.25, 0.3) is 11.1 Å². The fraction of sp³-hybridized carbons (Fsp3) is 0.316. The van der Waals surface area contributed by atoms with Gasteiger partial charge in [-0.2, -0.15) is 0 Å². The molecule has 1 N–H and O–H groups in total. The summed E-state index contributed by atoms with van der Waals surface area (Å²) in [5.74, 6) is -0.289. The Balaban J connectivity index is 2.03. The van der Waals surface area contributed by atoms with Gasteiger partial charge >= 0.3 is 0 Å². The standard InChI is InChI=1S/C19H22N2O3S/c1-3-4-11-20-19(22)13-21-17-10-9-14(2)12-16(17)15-7-5-6-8-18(15)25(21,23)24/h5-10,12H,3-4,11,13H2,1-2H3,(H,20,22). The Labute approximate surface area is 148 Å². The highest BCUT2D eigenvalue weighted by atomic mass is 32.2. The van der Waals surface area contributed by atoms with Gasteiger partial charge in [0.1, 0.15) is 6.54 Å². The zero-order chi connectivity index (χ0) is 18.0. The van der Waals surface area contributed by atoms with Crippen molar-refractivity contribution >= 4 is 21.6 Å². The molecule has 2 aromatic rings. The van der Waals surface area contributed by atoms with Gasteiger partial charge in [0.15, 0.2) is 0 Å². The Kier molecular flexibility index (Phi) is 4.81. The first-order valence-electron chi connectivity index (χ1n) is 8.44. The second-order valence-corrected chi connectivity index (χ2v) is 8.06. The van der Waals surface area contributed by atoms with E-state index in [1.54, 1.807) is 18.2 Å². The lowest BCUT2D eigenvalue weighted by Crippen LogP contribution is -2.42. The van der Waals surface area contributed by atoms with Gasteiger partial charge < -0.3 is 5.32 Å². The summed E-state index contributed by atoms with van der Waals surface area (Å²) in [5, 5.41) is 2.79. The minimum atomic E-state index is -3.76. The Bertz CT molecular complexity index is 907. The van der Waals surface area contributed by atoms with Crippen LogP contribution in [-0.4, -0.2) is 27.4 Å². The van der Waals surface area contributed by atoms with E-state index in [1.807, 2.05) is 38.1 Å². The SMILES string of the molecule is CCCCNC(=O)CN1c2ccc(C)cc2-c2ccccc2S1(=O)=O. The predicted molar refractivity (Wildman–Crippen MR) is 99.1 cm³/mol.